The van der Waals surface area contributed by atoms with Crippen molar-refractivity contribution in [3.63, 3.8) is 0 Å². The molecule has 4 nitrogen and oxygen atoms in total. The van der Waals surface area contributed by atoms with Gasteiger partial charge in [-0.1, -0.05) is 32.0 Å². The number of carbonyl (C=O) groups is 2. The lowest BCUT2D eigenvalue weighted by atomic mass is 9.67. The first kappa shape index (κ1) is 19.3. The van der Waals surface area contributed by atoms with Gasteiger partial charge < -0.3 is 4.74 Å². The summed E-state index contributed by atoms with van der Waals surface area (Å²) in [5, 5.41) is 0. The summed E-state index contributed by atoms with van der Waals surface area (Å²) >= 11 is 2.28. The van der Waals surface area contributed by atoms with Crippen molar-refractivity contribution in [1.29, 1.82) is 0 Å². The number of allylic oxidation sites excluding steroid dienone is 2. The van der Waals surface area contributed by atoms with Crippen LogP contribution in [0, 0.1) is 14.9 Å². The number of nitrogens with zero attached hydrogens (tertiary/aromatic N) is 1. The highest BCUT2D eigenvalue weighted by Crippen LogP contribution is 2.48. The van der Waals surface area contributed by atoms with Gasteiger partial charge in [-0.15, -0.1) is 0 Å². The molecule has 0 radical (unpaired) electrons. The van der Waals surface area contributed by atoms with E-state index < -0.39 is 5.92 Å². The van der Waals surface area contributed by atoms with Crippen LogP contribution in [0.4, 0.5) is 0 Å². The second-order valence-corrected chi connectivity index (χ2v) is 8.95. The zero-order valence-electron chi connectivity index (χ0n) is 15.6. The molecule has 0 saturated heterocycles. The first-order valence-electron chi connectivity index (χ1n) is 8.97. The van der Waals surface area contributed by atoms with Crippen LogP contribution in [0.15, 0.2) is 40.5 Å². The molecule has 3 rings (SSSR count). The van der Waals surface area contributed by atoms with E-state index in [1.165, 1.54) is 0 Å². The van der Waals surface area contributed by atoms with Gasteiger partial charge in [0.25, 0.3) is 0 Å². The molecule has 1 unspecified atom stereocenters. The van der Waals surface area contributed by atoms with Crippen molar-refractivity contribution >= 4 is 40.1 Å². The SMILES string of the molecule is CCOC(=O)C1C(C)=NC2=C(C(=O)CC(C)(C)C2)[C@@H]1c1ccccc1I. The number of carbonyl (C=O) groups excluding carboxylic acids is 2. The molecule has 0 fully saturated rings. The second-order valence-electron chi connectivity index (χ2n) is 7.78. The largest absolute Gasteiger partial charge is 0.465 e. The van der Waals surface area contributed by atoms with Gasteiger partial charge in [-0.3, -0.25) is 14.6 Å². The normalized spacial score (nSPS) is 24.8. The first-order chi connectivity index (χ1) is 12.2. The molecule has 0 aromatic heterocycles. The van der Waals surface area contributed by atoms with E-state index >= 15 is 0 Å². The highest BCUT2D eigenvalue weighted by Gasteiger charge is 2.46. The molecule has 1 aromatic rings. The summed E-state index contributed by atoms with van der Waals surface area (Å²) in [6.07, 6.45) is 1.23. The number of aliphatic imine (C=N–C) groups is 1. The predicted molar refractivity (Wildman–Crippen MR) is 110 cm³/mol. The molecule has 26 heavy (non-hydrogen) atoms. The quantitative estimate of drug-likeness (QED) is 0.482. The zero-order chi connectivity index (χ0) is 19.1. The molecule has 0 bridgehead atoms. The lowest BCUT2D eigenvalue weighted by Crippen LogP contribution is -2.39. The Morgan fingerprint density at radius 3 is 2.65 bits per heavy atom. The van der Waals surface area contributed by atoms with Crippen molar-refractivity contribution in [1.82, 2.24) is 0 Å². The highest BCUT2D eigenvalue weighted by atomic mass is 127. The summed E-state index contributed by atoms with van der Waals surface area (Å²) in [5.41, 5.74) is 3.18. The molecule has 0 saturated carbocycles. The van der Waals surface area contributed by atoms with Crippen LogP contribution in [0.2, 0.25) is 0 Å². The van der Waals surface area contributed by atoms with Crippen LogP contribution in [0.1, 0.15) is 52.0 Å². The van der Waals surface area contributed by atoms with E-state index in [2.05, 4.69) is 36.4 Å². The topological polar surface area (TPSA) is 55.7 Å². The molecule has 1 aromatic carbocycles. The van der Waals surface area contributed by atoms with Crippen molar-refractivity contribution < 1.29 is 14.3 Å². The summed E-state index contributed by atoms with van der Waals surface area (Å²) in [7, 11) is 0. The number of hydrogen-bond acceptors (Lipinski definition) is 4. The minimum atomic E-state index is -0.547. The third-order valence-electron chi connectivity index (χ3n) is 5.08. The number of rotatable bonds is 3. The van der Waals surface area contributed by atoms with Gasteiger partial charge in [-0.05, 0) is 59.9 Å². The summed E-state index contributed by atoms with van der Waals surface area (Å²) in [6, 6.07) is 7.94. The van der Waals surface area contributed by atoms with Crippen LogP contribution in [0.25, 0.3) is 0 Å². The Labute approximate surface area is 168 Å². The molecular weight excluding hydrogens is 441 g/mol. The number of ketones is 1. The van der Waals surface area contributed by atoms with Gasteiger partial charge in [-0.25, -0.2) is 0 Å². The van der Waals surface area contributed by atoms with Crippen molar-refractivity contribution in [2.24, 2.45) is 16.3 Å². The fourth-order valence-electron chi connectivity index (χ4n) is 4.05. The summed E-state index contributed by atoms with van der Waals surface area (Å²) < 4.78 is 6.39. The molecule has 1 aliphatic heterocycles. The van der Waals surface area contributed by atoms with Crippen LogP contribution < -0.4 is 0 Å². The number of hydrogen-bond donors (Lipinski definition) is 0. The van der Waals surface area contributed by atoms with E-state index in [0.717, 1.165) is 27.0 Å². The number of Topliss-reactive ketones (excluding diaryl/α,β-unsaturated/α-hetero) is 1. The van der Waals surface area contributed by atoms with Crippen LogP contribution >= 0.6 is 22.6 Å². The Bertz CT molecular complexity index is 822. The predicted octanol–water partition coefficient (Wildman–Crippen LogP) is 4.67. The van der Waals surface area contributed by atoms with Gasteiger partial charge in [0, 0.05) is 32.9 Å². The van der Waals surface area contributed by atoms with Crippen LogP contribution in [0.3, 0.4) is 0 Å². The van der Waals surface area contributed by atoms with E-state index in [4.69, 9.17) is 9.73 Å². The van der Waals surface area contributed by atoms with E-state index in [1.54, 1.807) is 6.92 Å². The third kappa shape index (κ3) is 3.50. The third-order valence-corrected chi connectivity index (χ3v) is 6.07. The molecule has 2 aliphatic rings. The fourth-order valence-corrected chi connectivity index (χ4v) is 4.77. The molecular formula is C21H24INO3. The van der Waals surface area contributed by atoms with Gasteiger partial charge in [0.15, 0.2) is 5.78 Å². The number of halogens is 1. The summed E-state index contributed by atoms with van der Waals surface area (Å²) in [4.78, 5) is 30.6. The number of benzene rings is 1. The Morgan fingerprint density at radius 2 is 2.00 bits per heavy atom. The molecule has 0 spiro atoms. The van der Waals surface area contributed by atoms with Gasteiger partial charge >= 0.3 is 5.97 Å². The number of esters is 1. The van der Waals surface area contributed by atoms with E-state index in [-0.39, 0.29) is 23.1 Å². The lowest BCUT2D eigenvalue weighted by molar-refractivity contribution is -0.146. The molecule has 1 aliphatic carbocycles. The molecule has 0 amide bonds. The summed E-state index contributed by atoms with van der Waals surface area (Å²) in [6.45, 7) is 8.18. The average molecular weight is 465 g/mol. The Balaban J connectivity index is 2.20. The van der Waals surface area contributed by atoms with Crippen LogP contribution in [-0.4, -0.2) is 24.1 Å². The Hall–Kier alpha value is -1.50. The molecule has 2 atom stereocenters. The van der Waals surface area contributed by atoms with Gasteiger partial charge in [-0.2, -0.15) is 0 Å². The smallest absolute Gasteiger partial charge is 0.315 e. The second kappa shape index (κ2) is 7.25. The molecule has 138 valence electrons. The van der Waals surface area contributed by atoms with E-state index in [9.17, 15) is 9.59 Å². The molecule has 1 heterocycles. The summed E-state index contributed by atoms with van der Waals surface area (Å²) in [5.74, 6) is -1.07. The fraction of sp³-hybridized carbons (Fsp3) is 0.476. The van der Waals surface area contributed by atoms with Crippen molar-refractivity contribution in [2.75, 3.05) is 6.61 Å². The van der Waals surface area contributed by atoms with Gasteiger partial charge in [0.1, 0.15) is 5.92 Å². The minimum absolute atomic E-state index is 0.103. The van der Waals surface area contributed by atoms with Crippen molar-refractivity contribution in [2.45, 2.75) is 46.5 Å². The Morgan fingerprint density at radius 1 is 1.31 bits per heavy atom. The van der Waals surface area contributed by atoms with E-state index in [0.29, 0.717) is 18.6 Å². The van der Waals surface area contributed by atoms with E-state index in [1.807, 2.05) is 31.2 Å². The highest BCUT2D eigenvalue weighted by molar-refractivity contribution is 14.1. The Kier molecular flexibility index (Phi) is 5.37. The lowest BCUT2D eigenvalue weighted by Gasteiger charge is -2.39. The maximum absolute atomic E-state index is 13.1. The maximum Gasteiger partial charge on any atom is 0.315 e. The van der Waals surface area contributed by atoms with Crippen LogP contribution in [0.5, 0.6) is 0 Å². The van der Waals surface area contributed by atoms with Crippen molar-refractivity contribution in [3.8, 4) is 0 Å². The van der Waals surface area contributed by atoms with Crippen molar-refractivity contribution in [3.05, 3.63) is 44.7 Å². The molecule has 5 heteroatoms. The first-order valence-corrected chi connectivity index (χ1v) is 10.1. The maximum atomic E-state index is 13.1. The van der Waals surface area contributed by atoms with Gasteiger partial charge in [0.05, 0.1) is 6.61 Å². The zero-order valence-corrected chi connectivity index (χ0v) is 17.8. The van der Waals surface area contributed by atoms with Crippen LogP contribution in [-0.2, 0) is 14.3 Å². The number of ether oxygens (including phenoxy) is 1. The van der Waals surface area contributed by atoms with Gasteiger partial charge in [0.2, 0.25) is 0 Å². The minimum Gasteiger partial charge on any atom is -0.465 e. The molecule has 0 N–H and O–H groups in total. The average Bonchev–Trinajstić information content (AvgIpc) is 2.53. The monoisotopic (exact) mass is 465 g/mol. The standard InChI is InChI=1S/C21H24INO3/c1-5-26-20(25)17-12(2)23-15-10-21(3,4)11-16(24)19(15)18(17)13-8-6-7-9-14(13)22/h6-9,17-18H,5,10-11H2,1-4H3/t17?,18-/m1/s1.